The molecule has 1 amide bonds. The number of rotatable bonds is 5. The highest BCUT2D eigenvalue weighted by molar-refractivity contribution is 5.94. The van der Waals surface area contributed by atoms with Gasteiger partial charge in [-0.2, -0.15) is 0 Å². The summed E-state index contributed by atoms with van der Waals surface area (Å²) in [5.41, 5.74) is 3.60. The predicted molar refractivity (Wildman–Crippen MR) is 130 cm³/mol. The van der Waals surface area contributed by atoms with Crippen LogP contribution in [0.15, 0.2) is 66.7 Å². The van der Waals surface area contributed by atoms with E-state index < -0.39 is 0 Å². The Labute approximate surface area is 199 Å². The lowest BCUT2D eigenvalue weighted by atomic mass is 10.0. The lowest BCUT2D eigenvalue weighted by Gasteiger charge is -2.36. The number of anilines is 1. The molecule has 0 bridgehead atoms. The fraction of sp³-hybridized carbons (Fsp3) is 0.321. The van der Waals surface area contributed by atoms with Gasteiger partial charge in [0.25, 0.3) is 5.91 Å². The van der Waals surface area contributed by atoms with Crippen molar-refractivity contribution >= 4 is 11.6 Å². The van der Waals surface area contributed by atoms with E-state index in [4.69, 9.17) is 9.47 Å². The third-order valence-corrected chi connectivity index (χ3v) is 6.41. The summed E-state index contributed by atoms with van der Waals surface area (Å²) in [4.78, 5) is 17.0. The van der Waals surface area contributed by atoms with Crippen LogP contribution >= 0.6 is 0 Å². The number of hydrogen-bond acceptors (Lipinski definition) is 4. The van der Waals surface area contributed by atoms with Gasteiger partial charge < -0.3 is 19.3 Å². The molecule has 176 valence electrons. The Hall–Kier alpha value is -3.54. The quantitative estimate of drug-likeness (QED) is 0.533. The molecule has 2 aliphatic heterocycles. The molecule has 0 spiro atoms. The molecule has 0 radical (unpaired) electrons. The zero-order chi connectivity index (χ0) is 23.7. The van der Waals surface area contributed by atoms with Crippen molar-refractivity contribution in [2.75, 3.05) is 31.1 Å². The number of hydrogen-bond donors (Lipinski definition) is 0. The number of carbonyl (C=O) groups excluding carboxylic acids is 1. The van der Waals surface area contributed by atoms with Gasteiger partial charge in [-0.25, -0.2) is 4.39 Å². The number of benzene rings is 3. The van der Waals surface area contributed by atoms with Crippen LogP contribution < -0.4 is 14.4 Å². The fourth-order valence-corrected chi connectivity index (χ4v) is 4.61. The monoisotopic (exact) mass is 460 g/mol. The molecule has 34 heavy (non-hydrogen) atoms. The van der Waals surface area contributed by atoms with Gasteiger partial charge in [0.05, 0.1) is 0 Å². The molecule has 5 nitrogen and oxygen atoms in total. The van der Waals surface area contributed by atoms with Crippen LogP contribution in [-0.2, 0) is 13.0 Å². The molecule has 0 saturated carbocycles. The average Bonchev–Trinajstić information content (AvgIpc) is 3.17. The van der Waals surface area contributed by atoms with E-state index in [2.05, 4.69) is 24.8 Å². The van der Waals surface area contributed by atoms with Crippen molar-refractivity contribution in [3.05, 3.63) is 89.2 Å². The first-order chi connectivity index (χ1) is 16.4. The summed E-state index contributed by atoms with van der Waals surface area (Å²) in [6.07, 6.45) is 0.870. The Kier molecular flexibility index (Phi) is 5.90. The highest BCUT2D eigenvalue weighted by Gasteiger charge is 2.32. The average molecular weight is 461 g/mol. The standard InChI is InChI=1S/C28H29FN2O3/c1-28(2)18-22-4-3-5-25(26(22)34-28)33-19-20-6-8-21(9-7-20)27(32)31-16-14-30(15-17-31)24-12-10-23(29)11-13-24/h3-13H,14-19H2,1-2H3. The van der Waals surface area contributed by atoms with Crippen molar-refractivity contribution in [1.82, 2.24) is 4.90 Å². The first kappa shape index (κ1) is 22.3. The van der Waals surface area contributed by atoms with Crippen molar-refractivity contribution in [3.8, 4) is 11.5 Å². The van der Waals surface area contributed by atoms with Gasteiger partial charge in [-0.05, 0) is 61.9 Å². The smallest absolute Gasteiger partial charge is 0.253 e. The number of ether oxygens (including phenoxy) is 2. The van der Waals surface area contributed by atoms with Gasteiger partial charge in [0.2, 0.25) is 0 Å². The maximum Gasteiger partial charge on any atom is 0.253 e. The van der Waals surface area contributed by atoms with Crippen molar-refractivity contribution in [3.63, 3.8) is 0 Å². The molecule has 0 aromatic heterocycles. The summed E-state index contributed by atoms with van der Waals surface area (Å²) in [5.74, 6) is 1.38. The highest BCUT2D eigenvalue weighted by atomic mass is 19.1. The number of para-hydroxylation sites is 1. The van der Waals surface area contributed by atoms with E-state index in [1.54, 1.807) is 12.1 Å². The second-order valence-corrected chi connectivity index (χ2v) is 9.52. The van der Waals surface area contributed by atoms with Crippen LogP contribution in [0.4, 0.5) is 10.1 Å². The van der Waals surface area contributed by atoms with Crippen molar-refractivity contribution < 1.29 is 18.7 Å². The van der Waals surface area contributed by atoms with Gasteiger partial charge in [0.1, 0.15) is 18.0 Å². The molecule has 2 aliphatic rings. The molecule has 0 unspecified atom stereocenters. The molecule has 1 fully saturated rings. The van der Waals surface area contributed by atoms with Crippen LogP contribution in [0.25, 0.3) is 0 Å². The van der Waals surface area contributed by atoms with Gasteiger partial charge in [0.15, 0.2) is 11.5 Å². The Morgan fingerprint density at radius 3 is 2.38 bits per heavy atom. The minimum absolute atomic E-state index is 0.0303. The van der Waals surface area contributed by atoms with Crippen molar-refractivity contribution in [1.29, 1.82) is 0 Å². The number of amides is 1. The SMILES string of the molecule is CC1(C)Cc2cccc(OCc3ccc(C(=O)N4CCN(c5ccc(F)cc5)CC4)cc3)c2O1. The summed E-state index contributed by atoms with van der Waals surface area (Å²) >= 11 is 0. The number of carbonyl (C=O) groups is 1. The normalized spacial score (nSPS) is 16.7. The van der Waals surface area contributed by atoms with Crippen LogP contribution in [0, 0.1) is 5.82 Å². The van der Waals surface area contributed by atoms with E-state index >= 15 is 0 Å². The molecule has 6 heteroatoms. The predicted octanol–water partition coefficient (Wildman–Crippen LogP) is 5.08. The maximum absolute atomic E-state index is 13.2. The van der Waals surface area contributed by atoms with Crippen LogP contribution in [0.1, 0.15) is 35.3 Å². The minimum Gasteiger partial charge on any atom is -0.485 e. The van der Waals surface area contributed by atoms with Crippen LogP contribution in [-0.4, -0.2) is 42.6 Å². The summed E-state index contributed by atoms with van der Waals surface area (Å²) in [6.45, 7) is 7.29. The van der Waals surface area contributed by atoms with E-state index in [-0.39, 0.29) is 17.3 Å². The zero-order valence-electron chi connectivity index (χ0n) is 19.6. The largest absolute Gasteiger partial charge is 0.485 e. The lowest BCUT2D eigenvalue weighted by Crippen LogP contribution is -2.48. The molecule has 3 aromatic carbocycles. The van der Waals surface area contributed by atoms with Crippen molar-refractivity contribution in [2.45, 2.75) is 32.5 Å². The summed E-state index contributed by atoms with van der Waals surface area (Å²) in [5, 5.41) is 0. The summed E-state index contributed by atoms with van der Waals surface area (Å²) < 4.78 is 25.3. The molecule has 5 rings (SSSR count). The van der Waals surface area contributed by atoms with Gasteiger partial charge in [-0.15, -0.1) is 0 Å². The van der Waals surface area contributed by atoms with Crippen molar-refractivity contribution in [2.24, 2.45) is 0 Å². The highest BCUT2D eigenvalue weighted by Crippen LogP contribution is 2.42. The Morgan fingerprint density at radius 1 is 0.971 bits per heavy atom. The topological polar surface area (TPSA) is 42.0 Å². The summed E-state index contributed by atoms with van der Waals surface area (Å²) in [6, 6.07) is 20.1. The number of halogens is 1. The second kappa shape index (κ2) is 9.01. The van der Waals surface area contributed by atoms with Gasteiger partial charge in [-0.1, -0.05) is 24.3 Å². The van der Waals surface area contributed by atoms with E-state index in [0.29, 0.717) is 25.3 Å². The summed E-state index contributed by atoms with van der Waals surface area (Å²) in [7, 11) is 0. The van der Waals surface area contributed by atoms with E-state index in [0.717, 1.165) is 42.3 Å². The van der Waals surface area contributed by atoms with Gasteiger partial charge in [-0.3, -0.25) is 4.79 Å². The van der Waals surface area contributed by atoms with Crippen LogP contribution in [0.5, 0.6) is 11.5 Å². The zero-order valence-corrected chi connectivity index (χ0v) is 19.6. The minimum atomic E-state index is -0.239. The number of nitrogens with zero attached hydrogens (tertiary/aromatic N) is 2. The molecule has 0 atom stereocenters. The van der Waals surface area contributed by atoms with Gasteiger partial charge in [0, 0.05) is 49.4 Å². The van der Waals surface area contributed by atoms with Gasteiger partial charge >= 0.3 is 0 Å². The maximum atomic E-state index is 13.2. The molecule has 3 aromatic rings. The third kappa shape index (κ3) is 4.72. The molecular weight excluding hydrogens is 431 g/mol. The van der Waals surface area contributed by atoms with Crippen LogP contribution in [0.3, 0.4) is 0 Å². The van der Waals surface area contributed by atoms with Crippen LogP contribution in [0.2, 0.25) is 0 Å². The molecule has 0 aliphatic carbocycles. The molecule has 2 heterocycles. The number of piperazine rings is 1. The molecular formula is C28H29FN2O3. The second-order valence-electron chi connectivity index (χ2n) is 9.52. The molecule has 0 N–H and O–H groups in total. The van der Waals surface area contributed by atoms with E-state index in [1.165, 1.54) is 17.7 Å². The first-order valence-corrected chi connectivity index (χ1v) is 11.7. The number of fused-ring (bicyclic) bond motifs is 1. The third-order valence-electron chi connectivity index (χ3n) is 6.41. The Balaban J connectivity index is 1.16. The lowest BCUT2D eigenvalue weighted by molar-refractivity contribution is 0.0746. The molecule has 1 saturated heterocycles. The Bertz CT molecular complexity index is 1170. The Morgan fingerprint density at radius 2 is 1.68 bits per heavy atom. The fourth-order valence-electron chi connectivity index (χ4n) is 4.61. The van der Waals surface area contributed by atoms with E-state index in [1.807, 2.05) is 41.3 Å². The van der Waals surface area contributed by atoms with E-state index in [9.17, 15) is 9.18 Å². The first-order valence-electron chi connectivity index (χ1n) is 11.7.